The molecule has 1 N–H and O–H groups in total. The molecule has 3 aromatic rings. The normalized spacial score (nSPS) is 15.7. The number of aromatic hydroxyl groups is 1. The molecule has 6 nitrogen and oxygen atoms in total. The lowest BCUT2D eigenvalue weighted by atomic mass is 10.1. The number of thioether (sulfide) groups is 1. The average molecular weight is 441 g/mol. The van der Waals surface area contributed by atoms with E-state index in [0.29, 0.717) is 10.6 Å². The molecular formula is C22H17F2N3O3S. The third-order valence-corrected chi connectivity index (χ3v) is 5.91. The van der Waals surface area contributed by atoms with Gasteiger partial charge in [0.25, 0.3) is 5.91 Å². The molecule has 0 bridgehead atoms. The Bertz CT molecular complexity index is 1190. The number of amides is 1. The molecule has 0 spiro atoms. The molecular weight excluding hydrogens is 424 g/mol. The van der Waals surface area contributed by atoms with Crippen molar-refractivity contribution in [3.05, 3.63) is 88.7 Å². The van der Waals surface area contributed by atoms with Gasteiger partial charge in [-0.05, 0) is 43.3 Å². The molecule has 0 saturated heterocycles. The van der Waals surface area contributed by atoms with Crippen LogP contribution in [0.5, 0.6) is 11.5 Å². The molecule has 2 aromatic carbocycles. The van der Waals surface area contributed by atoms with Gasteiger partial charge in [-0.15, -0.1) is 0 Å². The summed E-state index contributed by atoms with van der Waals surface area (Å²) in [7, 11) is 1.22. The number of para-hydroxylation sites is 1. The summed E-state index contributed by atoms with van der Waals surface area (Å²) in [6.45, 7) is 1.84. The SMILES string of the molecule is COc1c(C2SC(c3ccc(C)nc3)=NN2C(=O)c2ccccc2O)ccc(F)c1F. The Kier molecular flexibility index (Phi) is 5.60. The summed E-state index contributed by atoms with van der Waals surface area (Å²) < 4.78 is 33.3. The van der Waals surface area contributed by atoms with E-state index in [1.807, 2.05) is 13.0 Å². The molecule has 1 amide bonds. The summed E-state index contributed by atoms with van der Waals surface area (Å²) >= 11 is 1.17. The zero-order chi connectivity index (χ0) is 22.1. The quantitative estimate of drug-likeness (QED) is 0.639. The number of rotatable bonds is 4. The smallest absolute Gasteiger partial charge is 0.279 e. The molecule has 0 radical (unpaired) electrons. The van der Waals surface area contributed by atoms with Crippen molar-refractivity contribution >= 4 is 22.7 Å². The van der Waals surface area contributed by atoms with Crippen LogP contribution >= 0.6 is 11.8 Å². The highest BCUT2D eigenvalue weighted by Gasteiger charge is 2.38. The van der Waals surface area contributed by atoms with E-state index >= 15 is 0 Å². The molecule has 158 valence electrons. The first-order valence-corrected chi connectivity index (χ1v) is 10.1. The number of pyridine rings is 1. The van der Waals surface area contributed by atoms with Crippen molar-refractivity contribution in [1.82, 2.24) is 9.99 Å². The molecule has 9 heteroatoms. The van der Waals surface area contributed by atoms with Crippen molar-refractivity contribution in [3.63, 3.8) is 0 Å². The maximum Gasteiger partial charge on any atom is 0.279 e. The fourth-order valence-electron chi connectivity index (χ4n) is 3.12. The highest BCUT2D eigenvalue weighted by Crippen LogP contribution is 2.46. The number of ether oxygens (including phenoxy) is 1. The molecule has 4 rings (SSSR count). The molecule has 0 aliphatic carbocycles. The standard InChI is InChI=1S/C22H17F2N3O3S/c1-12-7-8-13(11-25-12)20-26-27(21(29)14-5-3-4-6-17(14)28)22(31-20)15-9-10-16(23)18(24)19(15)30-2/h3-11,22,28H,1-2H3. The maximum atomic E-state index is 14.4. The summed E-state index contributed by atoms with van der Waals surface area (Å²) in [5.41, 5.74) is 1.73. The Hall–Kier alpha value is -3.46. The van der Waals surface area contributed by atoms with Crippen LogP contribution in [-0.2, 0) is 0 Å². The van der Waals surface area contributed by atoms with Crippen molar-refractivity contribution < 1.29 is 23.4 Å². The Balaban J connectivity index is 1.82. The number of carbonyl (C=O) groups excluding carboxylic acids is 1. The maximum absolute atomic E-state index is 14.4. The van der Waals surface area contributed by atoms with Crippen molar-refractivity contribution in [3.8, 4) is 11.5 Å². The lowest BCUT2D eigenvalue weighted by Gasteiger charge is -2.23. The molecule has 0 fully saturated rings. The molecule has 1 unspecified atom stereocenters. The zero-order valence-corrected chi connectivity index (χ0v) is 17.4. The van der Waals surface area contributed by atoms with Crippen LogP contribution in [-0.4, -0.2) is 33.2 Å². The molecule has 0 saturated carbocycles. The van der Waals surface area contributed by atoms with Crippen LogP contribution in [0.15, 0.2) is 59.8 Å². The first-order chi connectivity index (χ1) is 14.9. The molecule has 1 aromatic heterocycles. The van der Waals surface area contributed by atoms with E-state index < -0.39 is 22.9 Å². The van der Waals surface area contributed by atoms with Gasteiger partial charge in [-0.2, -0.15) is 9.49 Å². The van der Waals surface area contributed by atoms with E-state index in [0.717, 1.165) is 16.8 Å². The number of aryl methyl sites for hydroxylation is 1. The van der Waals surface area contributed by atoms with Crippen molar-refractivity contribution in [2.24, 2.45) is 5.10 Å². The second-order valence-electron chi connectivity index (χ2n) is 6.71. The van der Waals surface area contributed by atoms with Gasteiger partial charge in [-0.1, -0.05) is 23.9 Å². The topological polar surface area (TPSA) is 75.0 Å². The highest BCUT2D eigenvalue weighted by atomic mass is 32.2. The Morgan fingerprint density at radius 3 is 2.61 bits per heavy atom. The molecule has 1 aliphatic heterocycles. The predicted octanol–water partition coefficient (Wildman–Crippen LogP) is 4.63. The van der Waals surface area contributed by atoms with E-state index in [4.69, 9.17) is 4.74 Å². The minimum Gasteiger partial charge on any atom is -0.507 e. The first-order valence-electron chi connectivity index (χ1n) is 9.22. The van der Waals surface area contributed by atoms with E-state index in [9.17, 15) is 18.7 Å². The van der Waals surface area contributed by atoms with Gasteiger partial charge in [0.15, 0.2) is 11.6 Å². The van der Waals surface area contributed by atoms with Crippen molar-refractivity contribution in [1.29, 1.82) is 0 Å². The second-order valence-corrected chi connectivity index (χ2v) is 7.78. The molecule has 1 atom stereocenters. The molecule has 31 heavy (non-hydrogen) atoms. The van der Waals surface area contributed by atoms with E-state index in [1.54, 1.807) is 24.4 Å². The number of hydrazone groups is 1. The van der Waals surface area contributed by atoms with Gasteiger partial charge >= 0.3 is 0 Å². The minimum absolute atomic E-state index is 0.0293. The largest absolute Gasteiger partial charge is 0.507 e. The fourth-order valence-corrected chi connectivity index (χ4v) is 4.28. The summed E-state index contributed by atoms with van der Waals surface area (Å²) in [5.74, 6) is -3.34. The number of hydrogen-bond donors (Lipinski definition) is 1. The monoisotopic (exact) mass is 441 g/mol. The van der Waals surface area contributed by atoms with Crippen molar-refractivity contribution in [2.75, 3.05) is 7.11 Å². The van der Waals surface area contributed by atoms with E-state index in [-0.39, 0.29) is 22.6 Å². The van der Waals surface area contributed by atoms with Crippen LogP contribution in [0, 0.1) is 18.6 Å². The number of aromatic nitrogens is 1. The van der Waals surface area contributed by atoms with Gasteiger partial charge in [0, 0.05) is 23.0 Å². The fraction of sp³-hybridized carbons (Fsp3) is 0.136. The van der Waals surface area contributed by atoms with E-state index in [1.165, 1.54) is 37.1 Å². The summed E-state index contributed by atoms with van der Waals surface area (Å²) in [6, 6.07) is 12.0. The number of phenols is 1. The zero-order valence-electron chi connectivity index (χ0n) is 16.5. The van der Waals surface area contributed by atoms with Gasteiger partial charge in [-0.25, -0.2) is 9.40 Å². The lowest BCUT2D eigenvalue weighted by molar-refractivity contribution is 0.0744. The van der Waals surface area contributed by atoms with Crippen LogP contribution in [0.4, 0.5) is 8.78 Å². The number of methoxy groups -OCH3 is 1. The van der Waals surface area contributed by atoms with Crippen LogP contribution in [0.3, 0.4) is 0 Å². The van der Waals surface area contributed by atoms with Gasteiger partial charge in [0.1, 0.15) is 16.2 Å². The lowest BCUT2D eigenvalue weighted by Crippen LogP contribution is -2.26. The number of hydrogen-bond acceptors (Lipinski definition) is 6. The summed E-state index contributed by atoms with van der Waals surface area (Å²) in [6.07, 6.45) is 1.62. The third kappa shape index (κ3) is 3.84. The number of nitrogens with zero attached hydrogens (tertiary/aromatic N) is 3. The Morgan fingerprint density at radius 1 is 1.16 bits per heavy atom. The first kappa shape index (κ1) is 20.8. The average Bonchev–Trinajstić information content (AvgIpc) is 3.21. The minimum atomic E-state index is -1.15. The van der Waals surface area contributed by atoms with Gasteiger partial charge in [0.2, 0.25) is 5.82 Å². The van der Waals surface area contributed by atoms with Crippen LogP contribution in [0.2, 0.25) is 0 Å². The highest BCUT2D eigenvalue weighted by molar-refractivity contribution is 8.14. The van der Waals surface area contributed by atoms with Gasteiger partial charge < -0.3 is 9.84 Å². The van der Waals surface area contributed by atoms with Crippen LogP contribution in [0.1, 0.15) is 32.6 Å². The number of phenolic OH excluding ortho intramolecular Hbond substituents is 1. The van der Waals surface area contributed by atoms with E-state index in [2.05, 4.69) is 10.1 Å². The van der Waals surface area contributed by atoms with Crippen LogP contribution in [0.25, 0.3) is 0 Å². The third-order valence-electron chi connectivity index (χ3n) is 4.70. The Labute approximate surface area is 181 Å². The van der Waals surface area contributed by atoms with Crippen molar-refractivity contribution in [2.45, 2.75) is 12.3 Å². The summed E-state index contributed by atoms with van der Waals surface area (Å²) in [4.78, 5) is 17.5. The van der Waals surface area contributed by atoms with Crippen LogP contribution < -0.4 is 4.74 Å². The number of benzene rings is 2. The van der Waals surface area contributed by atoms with Gasteiger partial charge in [-0.3, -0.25) is 9.78 Å². The summed E-state index contributed by atoms with van der Waals surface area (Å²) in [5, 5.41) is 15.3. The second kappa shape index (κ2) is 8.35. The number of carbonyl (C=O) groups is 1. The Morgan fingerprint density at radius 2 is 1.94 bits per heavy atom. The van der Waals surface area contributed by atoms with Gasteiger partial charge in [0.05, 0.1) is 12.7 Å². The predicted molar refractivity (Wildman–Crippen MR) is 113 cm³/mol. The molecule has 2 heterocycles. The number of halogens is 2. The molecule has 1 aliphatic rings.